The quantitative estimate of drug-likeness (QED) is 0.693. The zero-order valence-electron chi connectivity index (χ0n) is 14.3. The van der Waals surface area contributed by atoms with Gasteiger partial charge in [-0.3, -0.25) is 9.69 Å². The molecule has 7 heteroatoms. The molecule has 0 unspecified atom stereocenters. The first-order valence-corrected chi connectivity index (χ1v) is 9.82. The van der Waals surface area contributed by atoms with Gasteiger partial charge in [0.2, 0.25) is 15.9 Å². The zero-order valence-corrected chi connectivity index (χ0v) is 15.1. The molecule has 0 bridgehead atoms. The van der Waals surface area contributed by atoms with Gasteiger partial charge in [-0.2, -0.15) is 0 Å². The fourth-order valence-electron chi connectivity index (χ4n) is 2.58. The summed E-state index contributed by atoms with van der Waals surface area (Å²) in [6, 6.07) is -0.156. The van der Waals surface area contributed by atoms with Gasteiger partial charge < -0.3 is 5.32 Å². The van der Waals surface area contributed by atoms with Crippen LogP contribution in [0.15, 0.2) is 0 Å². The topological polar surface area (TPSA) is 78.5 Å². The largest absolute Gasteiger partial charge is 0.355 e. The molecule has 0 aromatic rings. The minimum atomic E-state index is -3.21. The molecule has 2 atom stereocenters. The van der Waals surface area contributed by atoms with Gasteiger partial charge in [-0.05, 0) is 52.5 Å². The molecule has 0 spiro atoms. The van der Waals surface area contributed by atoms with E-state index in [2.05, 4.69) is 14.9 Å². The second-order valence-electron chi connectivity index (χ2n) is 6.41. The van der Waals surface area contributed by atoms with Crippen molar-refractivity contribution in [2.24, 2.45) is 5.92 Å². The first-order chi connectivity index (χ1) is 10.3. The van der Waals surface area contributed by atoms with Crippen molar-refractivity contribution in [2.45, 2.75) is 58.2 Å². The van der Waals surface area contributed by atoms with Gasteiger partial charge in [-0.25, -0.2) is 13.1 Å². The van der Waals surface area contributed by atoms with E-state index in [1.807, 2.05) is 13.8 Å². The molecule has 1 rings (SSSR count). The van der Waals surface area contributed by atoms with Crippen molar-refractivity contribution in [3.05, 3.63) is 0 Å². The van der Waals surface area contributed by atoms with E-state index < -0.39 is 15.3 Å². The van der Waals surface area contributed by atoms with E-state index in [0.717, 1.165) is 32.4 Å². The number of nitrogens with zero attached hydrogens (tertiary/aromatic N) is 1. The second kappa shape index (κ2) is 8.84. The van der Waals surface area contributed by atoms with Gasteiger partial charge in [0.25, 0.3) is 0 Å². The van der Waals surface area contributed by atoms with Crippen molar-refractivity contribution >= 4 is 15.9 Å². The van der Waals surface area contributed by atoms with E-state index >= 15 is 0 Å². The Balaban J connectivity index is 2.49. The molecular weight excluding hydrogens is 302 g/mol. The number of sulfonamides is 1. The number of piperidine rings is 1. The predicted molar refractivity (Wildman–Crippen MR) is 89.1 cm³/mol. The highest BCUT2D eigenvalue weighted by Crippen LogP contribution is 2.18. The Bertz CT molecular complexity index is 451. The summed E-state index contributed by atoms with van der Waals surface area (Å²) < 4.78 is 26.3. The molecule has 0 radical (unpaired) electrons. The summed E-state index contributed by atoms with van der Waals surface area (Å²) in [5, 5.41) is 2.51. The molecule has 2 N–H and O–H groups in total. The summed E-state index contributed by atoms with van der Waals surface area (Å²) in [7, 11) is -3.21. The second-order valence-corrected chi connectivity index (χ2v) is 8.73. The minimum absolute atomic E-state index is 0.0604. The van der Waals surface area contributed by atoms with Crippen molar-refractivity contribution in [1.82, 2.24) is 14.9 Å². The Morgan fingerprint density at radius 2 is 2.00 bits per heavy atom. The average molecular weight is 333 g/mol. The maximum absolute atomic E-state index is 12.1. The number of likely N-dealkylation sites (tertiary alicyclic amines) is 1. The monoisotopic (exact) mass is 333 g/mol. The van der Waals surface area contributed by atoms with Gasteiger partial charge in [0, 0.05) is 19.6 Å². The van der Waals surface area contributed by atoms with E-state index in [0.29, 0.717) is 13.1 Å². The van der Waals surface area contributed by atoms with Gasteiger partial charge in [0.05, 0.1) is 11.3 Å². The normalized spacial score (nSPS) is 21.8. The first-order valence-electron chi connectivity index (χ1n) is 8.28. The molecule has 0 aliphatic carbocycles. The predicted octanol–water partition coefficient (Wildman–Crippen LogP) is 0.941. The van der Waals surface area contributed by atoms with E-state index in [1.165, 1.54) is 0 Å². The molecule has 1 aliphatic heterocycles. The van der Waals surface area contributed by atoms with Crippen LogP contribution >= 0.6 is 0 Å². The fraction of sp³-hybridized carbons (Fsp3) is 0.933. The van der Waals surface area contributed by atoms with Crippen LogP contribution in [0.5, 0.6) is 0 Å². The lowest BCUT2D eigenvalue weighted by Crippen LogP contribution is -2.50. The number of carbonyl (C=O) groups excluding carboxylic acids is 1. The maximum Gasteiger partial charge on any atom is 0.237 e. The Morgan fingerprint density at radius 3 is 2.59 bits per heavy atom. The lowest BCUT2D eigenvalue weighted by Gasteiger charge is -2.36. The molecule has 130 valence electrons. The average Bonchev–Trinajstić information content (AvgIpc) is 2.50. The van der Waals surface area contributed by atoms with Crippen LogP contribution < -0.4 is 10.0 Å². The van der Waals surface area contributed by atoms with Gasteiger partial charge in [0.1, 0.15) is 0 Å². The summed E-state index contributed by atoms with van der Waals surface area (Å²) in [6.45, 7) is 10.1. The molecule has 6 nitrogen and oxygen atoms in total. The Kier molecular flexibility index (Phi) is 7.79. The molecule has 0 aromatic carbocycles. The number of rotatable bonds is 8. The van der Waals surface area contributed by atoms with Crippen LogP contribution in [0.1, 0.15) is 47.0 Å². The fourth-order valence-corrected chi connectivity index (χ4v) is 3.38. The number of amides is 1. The van der Waals surface area contributed by atoms with Crippen LogP contribution in [0, 0.1) is 5.92 Å². The summed E-state index contributed by atoms with van der Waals surface area (Å²) >= 11 is 0. The number of carbonyl (C=O) groups is 1. The highest BCUT2D eigenvalue weighted by Gasteiger charge is 2.28. The van der Waals surface area contributed by atoms with Crippen LogP contribution in [-0.2, 0) is 14.8 Å². The van der Waals surface area contributed by atoms with Gasteiger partial charge in [0.15, 0.2) is 0 Å². The first kappa shape index (κ1) is 19.4. The van der Waals surface area contributed by atoms with Crippen LogP contribution in [0.2, 0.25) is 0 Å². The SMILES string of the molecule is CCCNC(=O)[C@@H](C)N1CCC[C@@H](CNS(=O)(=O)C(C)C)C1. The minimum Gasteiger partial charge on any atom is -0.355 e. The van der Waals surface area contributed by atoms with Crippen molar-refractivity contribution in [1.29, 1.82) is 0 Å². The molecule has 0 saturated carbocycles. The summed E-state index contributed by atoms with van der Waals surface area (Å²) in [5.74, 6) is 0.328. The molecular formula is C15H31N3O3S. The molecule has 22 heavy (non-hydrogen) atoms. The van der Waals surface area contributed by atoms with Gasteiger partial charge >= 0.3 is 0 Å². The van der Waals surface area contributed by atoms with Gasteiger partial charge in [-0.15, -0.1) is 0 Å². The lowest BCUT2D eigenvalue weighted by atomic mass is 9.97. The van der Waals surface area contributed by atoms with Crippen LogP contribution in [-0.4, -0.2) is 56.7 Å². The molecule has 1 fully saturated rings. The maximum atomic E-state index is 12.1. The summed E-state index contributed by atoms with van der Waals surface area (Å²) in [5.41, 5.74) is 0. The van der Waals surface area contributed by atoms with Crippen LogP contribution in [0.3, 0.4) is 0 Å². The third-order valence-corrected chi connectivity index (χ3v) is 6.03. The van der Waals surface area contributed by atoms with Crippen molar-refractivity contribution in [3.8, 4) is 0 Å². The third-order valence-electron chi connectivity index (χ3n) is 4.22. The van der Waals surface area contributed by atoms with Crippen molar-refractivity contribution in [3.63, 3.8) is 0 Å². The van der Waals surface area contributed by atoms with Crippen molar-refractivity contribution < 1.29 is 13.2 Å². The highest BCUT2D eigenvalue weighted by molar-refractivity contribution is 7.90. The van der Waals surface area contributed by atoms with Crippen LogP contribution in [0.4, 0.5) is 0 Å². The molecule has 1 saturated heterocycles. The van der Waals surface area contributed by atoms with Crippen molar-refractivity contribution in [2.75, 3.05) is 26.2 Å². The molecule has 1 aliphatic rings. The summed E-state index contributed by atoms with van der Waals surface area (Å²) in [4.78, 5) is 14.2. The Morgan fingerprint density at radius 1 is 1.32 bits per heavy atom. The van der Waals surface area contributed by atoms with E-state index in [4.69, 9.17) is 0 Å². The summed E-state index contributed by atoms with van der Waals surface area (Å²) in [6.07, 6.45) is 2.93. The third kappa shape index (κ3) is 5.85. The number of hydrogen-bond acceptors (Lipinski definition) is 4. The molecule has 1 amide bonds. The number of nitrogens with one attached hydrogen (secondary N) is 2. The standard InChI is InChI=1S/C15H31N3O3S/c1-5-8-16-15(19)13(4)18-9-6-7-14(11-18)10-17-22(20,21)12(2)3/h12-14,17H,5-11H2,1-4H3,(H,16,19)/t13-,14+/m1/s1. The lowest BCUT2D eigenvalue weighted by molar-refractivity contribution is -0.126. The molecule has 1 heterocycles. The highest BCUT2D eigenvalue weighted by atomic mass is 32.2. The Labute approximate surface area is 135 Å². The smallest absolute Gasteiger partial charge is 0.237 e. The van der Waals surface area contributed by atoms with E-state index in [9.17, 15) is 13.2 Å². The van der Waals surface area contributed by atoms with Gasteiger partial charge in [-0.1, -0.05) is 6.92 Å². The van der Waals surface area contributed by atoms with E-state index in [1.54, 1.807) is 13.8 Å². The van der Waals surface area contributed by atoms with Crippen LogP contribution in [0.25, 0.3) is 0 Å². The Hall–Kier alpha value is -0.660. The number of hydrogen-bond donors (Lipinski definition) is 2. The molecule has 0 aromatic heterocycles. The van der Waals surface area contributed by atoms with E-state index in [-0.39, 0.29) is 17.9 Å². The zero-order chi connectivity index (χ0) is 16.8.